The molecule has 5 nitrogen and oxygen atoms in total. The maximum atomic E-state index is 11.4. The summed E-state index contributed by atoms with van der Waals surface area (Å²) in [6.45, 7) is 1.41. The summed E-state index contributed by atoms with van der Waals surface area (Å²) in [6.07, 6.45) is 0.712. The van der Waals surface area contributed by atoms with Crippen LogP contribution in [0.15, 0.2) is 28.7 Å². The van der Waals surface area contributed by atoms with E-state index < -0.39 is 0 Å². The third kappa shape index (κ3) is 7.81. The minimum atomic E-state index is -0.162. The Labute approximate surface area is 121 Å². The van der Waals surface area contributed by atoms with Gasteiger partial charge in [-0.2, -0.15) is 0 Å². The molecule has 0 aliphatic heterocycles. The molecular formula is C13H18BrNO4. The largest absolute Gasteiger partial charge is 0.484 e. The Kier molecular flexibility index (Phi) is 8.20. The fourth-order valence-corrected chi connectivity index (χ4v) is 1.56. The van der Waals surface area contributed by atoms with Gasteiger partial charge in [0.1, 0.15) is 5.75 Å². The number of halogens is 1. The molecule has 0 aliphatic rings. The van der Waals surface area contributed by atoms with Crippen LogP contribution in [0.1, 0.15) is 6.42 Å². The van der Waals surface area contributed by atoms with Gasteiger partial charge in [0.25, 0.3) is 5.91 Å². The van der Waals surface area contributed by atoms with Crippen molar-refractivity contribution in [3.8, 4) is 5.75 Å². The molecule has 0 radical (unpaired) electrons. The van der Waals surface area contributed by atoms with E-state index in [0.717, 1.165) is 4.47 Å². The second-order valence-corrected chi connectivity index (χ2v) is 4.70. The van der Waals surface area contributed by atoms with E-state index in [4.69, 9.17) is 14.6 Å². The SMILES string of the molecule is O=C(COc1ccc(Br)cc1)NCCCOCCO. The van der Waals surface area contributed by atoms with Crippen molar-refractivity contribution in [2.75, 3.05) is 33.0 Å². The summed E-state index contributed by atoms with van der Waals surface area (Å²) in [5, 5.41) is 11.2. The number of hydrogen-bond donors (Lipinski definition) is 2. The normalized spacial score (nSPS) is 10.2. The lowest BCUT2D eigenvalue weighted by Crippen LogP contribution is -2.30. The highest BCUT2D eigenvalue weighted by molar-refractivity contribution is 9.10. The lowest BCUT2D eigenvalue weighted by molar-refractivity contribution is -0.123. The van der Waals surface area contributed by atoms with Crippen molar-refractivity contribution >= 4 is 21.8 Å². The zero-order valence-corrected chi connectivity index (χ0v) is 12.2. The zero-order chi connectivity index (χ0) is 13.9. The van der Waals surface area contributed by atoms with Crippen molar-refractivity contribution in [2.45, 2.75) is 6.42 Å². The van der Waals surface area contributed by atoms with E-state index in [1.54, 1.807) is 12.1 Å². The Bertz CT molecular complexity index is 369. The number of nitrogens with one attached hydrogen (secondary N) is 1. The first-order valence-corrected chi connectivity index (χ1v) is 6.85. The summed E-state index contributed by atoms with van der Waals surface area (Å²) in [6, 6.07) is 7.29. The molecule has 19 heavy (non-hydrogen) atoms. The molecule has 2 N–H and O–H groups in total. The summed E-state index contributed by atoms with van der Waals surface area (Å²) in [7, 11) is 0. The van der Waals surface area contributed by atoms with Gasteiger partial charge in [-0.25, -0.2) is 0 Å². The predicted molar refractivity (Wildman–Crippen MR) is 75.2 cm³/mol. The number of aliphatic hydroxyl groups is 1. The lowest BCUT2D eigenvalue weighted by atomic mass is 10.3. The molecule has 0 aromatic heterocycles. The van der Waals surface area contributed by atoms with Crippen molar-refractivity contribution in [1.29, 1.82) is 0 Å². The van der Waals surface area contributed by atoms with E-state index >= 15 is 0 Å². The van der Waals surface area contributed by atoms with Crippen LogP contribution in [0.25, 0.3) is 0 Å². The molecule has 6 heteroatoms. The van der Waals surface area contributed by atoms with Crippen molar-refractivity contribution in [3.63, 3.8) is 0 Å². The fraction of sp³-hybridized carbons (Fsp3) is 0.462. The van der Waals surface area contributed by atoms with Crippen LogP contribution in [-0.2, 0) is 9.53 Å². The Hall–Kier alpha value is -1.11. The molecule has 0 bridgehead atoms. The van der Waals surface area contributed by atoms with Gasteiger partial charge in [-0.05, 0) is 30.7 Å². The average molecular weight is 332 g/mol. The quantitative estimate of drug-likeness (QED) is 0.670. The predicted octanol–water partition coefficient (Wildman–Crippen LogP) is 1.34. The van der Waals surface area contributed by atoms with Crippen molar-refractivity contribution in [3.05, 3.63) is 28.7 Å². The Morgan fingerprint density at radius 1 is 1.26 bits per heavy atom. The van der Waals surface area contributed by atoms with E-state index in [2.05, 4.69) is 21.2 Å². The molecule has 1 rings (SSSR count). The smallest absolute Gasteiger partial charge is 0.257 e. The summed E-state index contributed by atoms with van der Waals surface area (Å²) < 4.78 is 11.4. The number of ether oxygens (including phenoxy) is 2. The minimum Gasteiger partial charge on any atom is -0.484 e. The van der Waals surface area contributed by atoms with Crippen molar-refractivity contribution < 1.29 is 19.4 Å². The summed E-state index contributed by atoms with van der Waals surface area (Å²) in [4.78, 5) is 11.4. The van der Waals surface area contributed by atoms with E-state index in [1.807, 2.05) is 12.1 Å². The molecule has 0 saturated heterocycles. The van der Waals surface area contributed by atoms with Crippen molar-refractivity contribution in [2.24, 2.45) is 0 Å². The second kappa shape index (κ2) is 9.77. The van der Waals surface area contributed by atoms with Crippen LogP contribution < -0.4 is 10.1 Å². The third-order valence-corrected chi connectivity index (χ3v) is 2.74. The van der Waals surface area contributed by atoms with Crippen LogP contribution in [-0.4, -0.2) is 44.0 Å². The Balaban J connectivity index is 2.06. The molecule has 1 aromatic carbocycles. The third-order valence-electron chi connectivity index (χ3n) is 2.21. The van der Waals surface area contributed by atoms with Crippen LogP contribution in [0.3, 0.4) is 0 Å². The first kappa shape index (κ1) is 15.9. The average Bonchev–Trinajstić information content (AvgIpc) is 2.42. The van der Waals surface area contributed by atoms with Gasteiger partial charge < -0.3 is 19.9 Å². The lowest BCUT2D eigenvalue weighted by Gasteiger charge is -2.07. The summed E-state index contributed by atoms with van der Waals surface area (Å²) in [5.41, 5.74) is 0. The molecule has 0 atom stereocenters. The molecule has 1 amide bonds. The number of carbonyl (C=O) groups excluding carboxylic acids is 1. The Morgan fingerprint density at radius 2 is 2.00 bits per heavy atom. The Morgan fingerprint density at radius 3 is 2.68 bits per heavy atom. The van der Waals surface area contributed by atoms with E-state index in [1.165, 1.54) is 0 Å². The van der Waals surface area contributed by atoms with Gasteiger partial charge in [-0.3, -0.25) is 4.79 Å². The van der Waals surface area contributed by atoms with Gasteiger partial charge >= 0.3 is 0 Å². The molecule has 0 fully saturated rings. The standard InChI is InChI=1S/C13H18BrNO4/c14-11-2-4-12(5-3-11)19-10-13(17)15-6-1-8-18-9-7-16/h2-5,16H,1,6-10H2,(H,15,17). The first-order valence-electron chi connectivity index (χ1n) is 6.06. The number of aliphatic hydroxyl groups excluding tert-OH is 1. The van der Waals surface area contributed by atoms with E-state index in [-0.39, 0.29) is 19.1 Å². The monoisotopic (exact) mass is 331 g/mol. The van der Waals surface area contributed by atoms with Gasteiger partial charge in [0.05, 0.1) is 13.2 Å². The maximum Gasteiger partial charge on any atom is 0.257 e. The van der Waals surface area contributed by atoms with Crippen LogP contribution in [0, 0.1) is 0 Å². The highest BCUT2D eigenvalue weighted by atomic mass is 79.9. The molecule has 0 aliphatic carbocycles. The number of amides is 1. The summed E-state index contributed by atoms with van der Waals surface area (Å²) >= 11 is 3.32. The van der Waals surface area contributed by atoms with Crippen LogP contribution >= 0.6 is 15.9 Å². The van der Waals surface area contributed by atoms with E-state index in [0.29, 0.717) is 31.9 Å². The number of hydrogen-bond acceptors (Lipinski definition) is 4. The van der Waals surface area contributed by atoms with E-state index in [9.17, 15) is 4.79 Å². The highest BCUT2D eigenvalue weighted by Gasteiger charge is 2.02. The van der Waals surface area contributed by atoms with Crippen LogP contribution in [0.2, 0.25) is 0 Å². The topological polar surface area (TPSA) is 67.8 Å². The molecule has 0 heterocycles. The molecule has 106 valence electrons. The molecule has 0 saturated carbocycles. The molecular weight excluding hydrogens is 314 g/mol. The van der Waals surface area contributed by atoms with Crippen molar-refractivity contribution in [1.82, 2.24) is 5.32 Å². The molecule has 1 aromatic rings. The molecule has 0 spiro atoms. The number of benzene rings is 1. The zero-order valence-electron chi connectivity index (χ0n) is 10.6. The van der Waals surface area contributed by atoms with Gasteiger partial charge in [0, 0.05) is 17.6 Å². The first-order chi connectivity index (χ1) is 9.22. The summed E-state index contributed by atoms with van der Waals surface area (Å²) in [5.74, 6) is 0.495. The van der Waals surface area contributed by atoms with Crippen LogP contribution in [0.5, 0.6) is 5.75 Å². The fourth-order valence-electron chi connectivity index (χ4n) is 1.30. The van der Waals surface area contributed by atoms with Crippen LogP contribution in [0.4, 0.5) is 0 Å². The molecule has 0 unspecified atom stereocenters. The van der Waals surface area contributed by atoms with Gasteiger partial charge in [0.2, 0.25) is 0 Å². The highest BCUT2D eigenvalue weighted by Crippen LogP contribution is 2.15. The number of rotatable bonds is 9. The van der Waals surface area contributed by atoms with Gasteiger partial charge in [0.15, 0.2) is 6.61 Å². The van der Waals surface area contributed by atoms with Gasteiger partial charge in [-0.15, -0.1) is 0 Å². The maximum absolute atomic E-state index is 11.4. The van der Waals surface area contributed by atoms with Gasteiger partial charge in [-0.1, -0.05) is 15.9 Å². The second-order valence-electron chi connectivity index (χ2n) is 3.78. The number of carbonyl (C=O) groups is 1. The minimum absolute atomic E-state index is 0.000864.